The van der Waals surface area contributed by atoms with Crippen LogP contribution in [0.4, 0.5) is 0 Å². The van der Waals surface area contributed by atoms with Crippen LogP contribution >= 0.6 is 0 Å². The van der Waals surface area contributed by atoms with Gasteiger partial charge >= 0.3 is 0 Å². The predicted octanol–water partition coefficient (Wildman–Crippen LogP) is 5.43. The van der Waals surface area contributed by atoms with Crippen LogP contribution in [0.2, 0.25) is 0 Å². The van der Waals surface area contributed by atoms with E-state index in [1.807, 2.05) is 18.2 Å². The fourth-order valence-electron chi connectivity index (χ4n) is 3.19. The molecule has 1 heterocycles. The van der Waals surface area contributed by atoms with Crippen molar-refractivity contribution in [3.05, 3.63) is 36.5 Å². The number of rotatable bonds is 13. The van der Waals surface area contributed by atoms with Gasteiger partial charge in [-0.25, -0.2) is 13.1 Å². The standard InChI is InChI=1S/C21H32N2O2S/c1-2-3-4-5-6-7-8-9-10-11-18-23-26(24,25)20-16-12-14-19-15-13-17-22-21(19)20/h12-17,23H,2-11,18H2,1H3. The van der Waals surface area contributed by atoms with Gasteiger partial charge in [0, 0.05) is 18.1 Å². The molecule has 0 saturated carbocycles. The van der Waals surface area contributed by atoms with E-state index < -0.39 is 10.0 Å². The Morgan fingerprint density at radius 1 is 0.846 bits per heavy atom. The van der Waals surface area contributed by atoms with Crippen molar-refractivity contribution in [2.24, 2.45) is 0 Å². The lowest BCUT2D eigenvalue weighted by molar-refractivity contribution is 0.549. The number of hydrogen-bond acceptors (Lipinski definition) is 3. The number of sulfonamides is 1. The second-order valence-electron chi connectivity index (χ2n) is 6.91. The van der Waals surface area contributed by atoms with Crippen molar-refractivity contribution >= 4 is 20.9 Å². The summed E-state index contributed by atoms with van der Waals surface area (Å²) in [5, 5.41) is 0.842. The first-order chi connectivity index (χ1) is 12.6. The summed E-state index contributed by atoms with van der Waals surface area (Å²) in [5.74, 6) is 0. The van der Waals surface area contributed by atoms with Crippen LogP contribution in [-0.2, 0) is 10.0 Å². The van der Waals surface area contributed by atoms with Crippen molar-refractivity contribution in [1.82, 2.24) is 9.71 Å². The molecule has 1 aromatic heterocycles. The molecule has 0 aliphatic heterocycles. The first-order valence-corrected chi connectivity index (χ1v) is 11.5. The van der Waals surface area contributed by atoms with Crippen LogP contribution in [0, 0.1) is 0 Å². The third-order valence-electron chi connectivity index (χ3n) is 4.71. The number of nitrogens with zero attached hydrogens (tertiary/aromatic N) is 1. The molecule has 0 spiro atoms. The van der Waals surface area contributed by atoms with Crippen molar-refractivity contribution in [3.8, 4) is 0 Å². The van der Waals surface area contributed by atoms with E-state index in [2.05, 4.69) is 16.6 Å². The van der Waals surface area contributed by atoms with Crippen LogP contribution < -0.4 is 4.72 Å². The van der Waals surface area contributed by atoms with Gasteiger partial charge in [0.2, 0.25) is 10.0 Å². The molecule has 0 aliphatic carbocycles. The summed E-state index contributed by atoms with van der Waals surface area (Å²) in [5.41, 5.74) is 0.533. The maximum atomic E-state index is 12.6. The van der Waals surface area contributed by atoms with E-state index in [4.69, 9.17) is 0 Å². The second kappa shape index (κ2) is 11.3. The fourth-order valence-corrected chi connectivity index (χ4v) is 4.44. The van der Waals surface area contributed by atoms with Crippen molar-refractivity contribution in [2.45, 2.75) is 76.0 Å². The van der Waals surface area contributed by atoms with E-state index in [9.17, 15) is 8.42 Å². The third kappa shape index (κ3) is 6.69. The molecule has 0 saturated heterocycles. The second-order valence-corrected chi connectivity index (χ2v) is 8.65. The van der Waals surface area contributed by atoms with E-state index in [0.29, 0.717) is 12.1 Å². The van der Waals surface area contributed by atoms with Gasteiger partial charge in [0.15, 0.2) is 0 Å². The monoisotopic (exact) mass is 376 g/mol. The summed E-state index contributed by atoms with van der Waals surface area (Å²) in [6.07, 6.45) is 14.0. The van der Waals surface area contributed by atoms with Gasteiger partial charge in [0.05, 0.1) is 5.52 Å². The van der Waals surface area contributed by atoms with Crippen molar-refractivity contribution in [2.75, 3.05) is 6.54 Å². The van der Waals surface area contributed by atoms with Gasteiger partial charge in [-0.3, -0.25) is 4.98 Å². The lowest BCUT2D eigenvalue weighted by Crippen LogP contribution is -2.25. The summed E-state index contributed by atoms with van der Waals surface area (Å²) in [4.78, 5) is 4.50. The summed E-state index contributed by atoms with van der Waals surface area (Å²) >= 11 is 0. The van der Waals surface area contributed by atoms with E-state index in [1.54, 1.807) is 18.3 Å². The Balaban J connectivity index is 1.67. The summed E-state index contributed by atoms with van der Waals surface area (Å²) in [6, 6.07) is 8.96. The van der Waals surface area contributed by atoms with Crippen LogP contribution in [0.5, 0.6) is 0 Å². The zero-order valence-corrected chi connectivity index (χ0v) is 16.7. The molecule has 0 radical (unpaired) electrons. The Hall–Kier alpha value is -1.46. The number of fused-ring (bicyclic) bond motifs is 1. The Labute approximate surface area is 158 Å². The number of hydrogen-bond donors (Lipinski definition) is 1. The molecular weight excluding hydrogens is 344 g/mol. The highest BCUT2D eigenvalue weighted by atomic mass is 32.2. The number of para-hydroxylation sites is 1. The zero-order valence-electron chi connectivity index (χ0n) is 15.9. The largest absolute Gasteiger partial charge is 0.255 e. The van der Waals surface area contributed by atoms with E-state index >= 15 is 0 Å². The van der Waals surface area contributed by atoms with Crippen LogP contribution in [0.1, 0.15) is 71.1 Å². The maximum absolute atomic E-state index is 12.6. The van der Waals surface area contributed by atoms with Gasteiger partial charge in [-0.1, -0.05) is 82.9 Å². The topological polar surface area (TPSA) is 59.1 Å². The smallest absolute Gasteiger partial charge is 0.242 e. The van der Waals surface area contributed by atoms with Crippen molar-refractivity contribution in [1.29, 1.82) is 0 Å². The maximum Gasteiger partial charge on any atom is 0.242 e. The Kier molecular flexibility index (Phi) is 9.06. The highest BCUT2D eigenvalue weighted by Gasteiger charge is 2.17. The minimum absolute atomic E-state index is 0.266. The highest BCUT2D eigenvalue weighted by Crippen LogP contribution is 2.20. The minimum Gasteiger partial charge on any atom is -0.255 e. The van der Waals surface area contributed by atoms with Gasteiger partial charge in [0.1, 0.15) is 4.90 Å². The molecule has 2 aromatic rings. The number of benzene rings is 1. The molecular formula is C21H32N2O2S. The Morgan fingerprint density at radius 2 is 1.46 bits per heavy atom. The lowest BCUT2D eigenvalue weighted by atomic mass is 10.1. The average molecular weight is 377 g/mol. The summed E-state index contributed by atoms with van der Waals surface area (Å²) < 4.78 is 27.8. The molecule has 5 heteroatoms. The Bertz CT molecular complexity index is 754. The molecule has 0 atom stereocenters. The third-order valence-corrected chi connectivity index (χ3v) is 6.20. The Morgan fingerprint density at radius 3 is 2.15 bits per heavy atom. The molecule has 0 fully saturated rings. The van der Waals surface area contributed by atoms with E-state index in [0.717, 1.165) is 18.2 Å². The molecule has 0 unspecified atom stereocenters. The van der Waals surface area contributed by atoms with Gasteiger partial charge in [-0.2, -0.15) is 0 Å². The SMILES string of the molecule is CCCCCCCCCCCCNS(=O)(=O)c1cccc2cccnc12. The highest BCUT2D eigenvalue weighted by molar-refractivity contribution is 7.89. The number of nitrogens with one attached hydrogen (secondary N) is 1. The van der Waals surface area contributed by atoms with Crippen LogP contribution in [0.25, 0.3) is 10.9 Å². The molecule has 0 amide bonds. The average Bonchev–Trinajstić information content (AvgIpc) is 2.65. The predicted molar refractivity (Wildman–Crippen MR) is 109 cm³/mol. The minimum atomic E-state index is -3.51. The molecule has 4 nitrogen and oxygen atoms in total. The fraction of sp³-hybridized carbons (Fsp3) is 0.571. The summed E-state index contributed by atoms with van der Waals surface area (Å²) in [6.45, 7) is 2.73. The molecule has 2 rings (SSSR count). The summed E-state index contributed by atoms with van der Waals surface area (Å²) in [7, 11) is -3.51. The van der Waals surface area contributed by atoms with Crippen molar-refractivity contribution in [3.63, 3.8) is 0 Å². The number of unbranched alkanes of at least 4 members (excludes halogenated alkanes) is 9. The molecule has 0 aliphatic rings. The van der Waals surface area contributed by atoms with Gasteiger partial charge in [-0.15, -0.1) is 0 Å². The number of aromatic nitrogens is 1. The van der Waals surface area contributed by atoms with Gasteiger partial charge in [-0.05, 0) is 18.6 Å². The van der Waals surface area contributed by atoms with Crippen LogP contribution in [0.3, 0.4) is 0 Å². The van der Waals surface area contributed by atoms with Crippen LogP contribution in [0.15, 0.2) is 41.4 Å². The lowest BCUT2D eigenvalue weighted by Gasteiger charge is -2.09. The van der Waals surface area contributed by atoms with E-state index in [1.165, 1.54) is 51.4 Å². The number of pyridine rings is 1. The van der Waals surface area contributed by atoms with E-state index in [-0.39, 0.29) is 4.90 Å². The van der Waals surface area contributed by atoms with Crippen LogP contribution in [-0.4, -0.2) is 19.9 Å². The molecule has 0 bridgehead atoms. The quantitative estimate of drug-likeness (QED) is 0.474. The van der Waals surface area contributed by atoms with Gasteiger partial charge < -0.3 is 0 Å². The molecule has 1 N–H and O–H groups in total. The van der Waals surface area contributed by atoms with Gasteiger partial charge in [0.25, 0.3) is 0 Å². The molecule has 144 valence electrons. The molecule has 1 aromatic carbocycles. The zero-order chi connectivity index (χ0) is 18.7. The molecule has 26 heavy (non-hydrogen) atoms. The first-order valence-electron chi connectivity index (χ1n) is 9.98. The van der Waals surface area contributed by atoms with Crippen molar-refractivity contribution < 1.29 is 8.42 Å². The first kappa shape index (κ1) is 20.8. The normalized spacial score (nSPS) is 11.9.